The van der Waals surface area contributed by atoms with Gasteiger partial charge in [-0.1, -0.05) is 5.16 Å². The molecule has 12 heteroatoms. The largest absolute Gasteiger partial charge is 0.496 e. The third-order valence-electron chi connectivity index (χ3n) is 5.81. The van der Waals surface area contributed by atoms with Gasteiger partial charge in [-0.15, -0.1) is 0 Å². The van der Waals surface area contributed by atoms with Crippen LogP contribution < -0.4 is 14.8 Å². The summed E-state index contributed by atoms with van der Waals surface area (Å²) < 4.78 is 48.7. The monoisotopic (exact) mass is 530 g/mol. The highest BCUT2D eigenvalue weighted by Gasteiger charge is 2.27. The zero-order valence-corrected chi connectivity index (χ0v) is 21.6. The number of sulfonamides is 1. The van der Waals surface area contributed by atoms with E-state index < -0.39 is 10.0 Å². The highest BCUT2D eigenvalue weighted by atomic mass is 32.2. The van der Waals surface area contributed by atoms with Crippen molar-refractivity contribution in [1.82, 2.24) is 19.8 Å². The van der Waals surface area contributed by atoms with Crippen molar-refractivity contribution in [1.29, 1.82) is 0 Å². The summed E-state index contributed by atoms with van der Waals surface area (Å²) in [5, 5.41) is 6.72. The summed E-state index contributed by atoms with van der Waals surface area (Å²) >= 11 is 0. The number of nitrogens with zero attached hydrogens (tertiary/aromatic N) is 3. The second-order valence-electron chi connectivity index (χ2n) is 8.24. The highest BCUT2D eigenvalue weighted by molar-refractivity contribution is 7.89. The molecule has 1 aliphatic heterocycles. The second-order valence-corrected chi connectivity index (χ2v) is 10.2. The molecule has 0 bridgehead atoms. The first-order valence-corrected chi connectivity index (χ1v) is 13.4. The highest BCUT2D eigenvalue weighted by Crippen LogP contribution is 2.26. The van der Waals surface area contributed by atoms with Crippen LogP contribution in [-0.4, -0.2) is 68.8 Å². The number of benzene rings is 2. The first-order chi connectivity index (χ1) is 17.9. The maximum Gasteiger partial charge on any atom is 0.246 e. The van der Waals surface area contributed by atoms with Crippen LogP contribution in [-0.2, 0) is 32.5 Å². The molecule has 0 spiro atoms. The molecule has 0 saturated carbocycles. The van der Waals surface area contributed by atoms with E-state index in [0.29, 0.717) is 56.5 Å². The Bertz CT molecular complexity index is 1300. The summed E-state index contributed by atoms with van der Waals surface area (Å²) in [6.07, 6.45) is 0.417. The van der Waals surface area contributed by atoms with Crippen LogP contribution in [0.1, 0.15) is 24.8 Å². The lowest BCUT2D eigenvalue weighted by atomic mass is 10.1. The fourth-order valence-corrected chi connectivity index (χ4v) is 5.33. The van der Waals surface area contributed by atoms with E-state index in [1.165, 1.54) is 17.5 Å². The molecule has 2 heterocycles. The fourth-order valence-electron chi connectivity index (χ4n) is 3.87. The van der Waals surface area contributed by atoms with E-state index in [2.05, 4.69) is 15.5 Å². The van der Waals surface area contributed by atoms with Crippen molar-refractivity contribution in [3.8, 4) is 22.9 Å². The van der Waals surface area contributed by atoms with Crippen molar-refractivity contribution in [3.05, 3.63) is 53.9 Å². The summed E-state index contributed by atoms with van der Waals surface area (Å²) in [5.74, 6) is 1.71. The second kappa shape index (κ2) is 12.2. The van der Waals surface area contributed by atoms with Gasteiger partial charge in [-0.05, 0) is 61.4 Å². The number of amides is 1. The molecule has 3 aromatic rings. The Morgan fingerprint density at radius 3 is 2.59 bits per heavy atom. The van der Waals surface area contributed by atoms with Gasteiger partial charge >= 0.3 is 0 Å². The molecule has 0 aliphatic carbocycles. The lowest BCUT2D eigenvalue weighted by Gasteiger charge is -2.26. The molecule has 198 valence electrons. The smallest absolute Gasteiger partial charge is 0.246 e. The molecule has 1 saturated heterocycles. The molecule has 1 aromatic heterocycles. The molecule has 1 aliphatic rings. The van der Waals surface area contributed by atoms with E-state index in [-0.39, 0.29) is 29.7 Å². The zero-order valence-electron chi connectivity index (χ0n) is 20.8. The SMILES string of the molecule is CCOc1ccc(-c2noc(CNC(=O)CCc3cc(S(=O)(=O)N4CCOCC4)ccc3OC)n2)cc1. The average Bonchev–Trinajstić information content (AvgIpc) is 3.41. The normalized spacial score (nSPS) is 14.3. The first-order valence-electron chi connectivity index (χ1n) is 12.0. The van der Waals surface area contributed by atoms with Gasteiger partial charge in [0.25, 0.3) is 0 Å². The third kappa shape index (κ3) is 6.64. The molecule has 0 unspecified atom stereocenters. The molecular formula is C25H30N4O7S. The van der Waals surface area contributed by atoms with Gasteiger partial charge in [-0.2, -0.15) is 9.29 Å². The van der Waals surface area contributed by atoms with Gasteiger partial charge in [0.1, 0.15) is 11.5 Å². The summed E-state index contributed by atoms with van der Waals surface area (Å²) in [6.45, 7) is 3.92. The Hall–Kier alpha value is -3.48. The standard InChI is InChI=1S/C25H30N4O7S/c1-3-35-20-7-4-18(5-8-20)25-27-24(36-28-25)17-26-23(30)11-6-19-16-21(9-10-22(19)33-2)37(31,32)29-12-14-34-15-13-29/h4-5,7-10,16H,3,6,11-15,17H2,1-2H3,(H,26,30). The third-order valence-corrected chi connectivity index (χ3v) is 7.70. The first kappa shape index (κ1) is 26.6. The quantitative estimate of drug-likeness (QED) is 0.397. The van der Waals surface area contributed by atoms with E-state index in [1.807, 2.05) is 31.2 Å². The van der Waals surface area contributed by atoms with Crippen LogP contribution >= 0.6 is 0 Å². The molecule has 1 amide bonds. The van der Waals surface area contributed by atoms with Crippen molar-refractivity contribution in [2.75, 3.05) is 40.0 Å². The van der Waals surface area contributed by atoms with Crippen molar-refractivity contribution in [2.24, 2.45) is 0 Å². The minimum Gasteiger partial charge on any atom is -0.496 e. The Labute approximate surface area is 215 Å². The van der Waals surface area contributed by atoms with Gasteiger partial charge in [0.2, 0.25) is 27.6 Å². The molecule has 0 radical (unpaired) electrons. The number of ether oxygens (including phenoxy) is 3. The van der Waals surface area contributed by atoms with Gasteiger partial charge in [0.15, 0.2) is 0 Å². The zero-order chi connectivity index (χ0) is 26.3. The maximum atomic E-state index is 13.0. The Morgan fingerprint density at radius 1 is 1.14 bits per heavy atom. The number of aryl methyl sites for hydroxylation is 1. The Kier molecular flexibility index (Phi) is 8.74. The molecule has 11 nitrogen and oxygen atoms in total. The van der Waals surface area contributed by atoms with Crippen LogP contribution in [0.5, 0.6) is 11.5 Å². The van der Waals surface area contributed by atoms with Crippen molar-refractivity contribution in [2.45, 2.75) is 31.2 Å². The number of nitrogens with one attached hydrogen (secondary N) is 1. The van der Waals surface area contributed by atoms with Crippen molar-refractivity contribution in [3.63, 3.8) is 0 Å². The summed E-state index contributed by atoms with van der Waals surface area (Å²) in [7, 11) is -2.15. The molecule has 37 heavy (non-hydrogen) atoms. The van der Waals surface area contributed by atoms with Gasteiger partial charge in [-0.3, -0.25) is 4.79 Å². The average molecular weight is 531 g/mol. The minimum absolute atomic E-state index is 0.0748. The van der Waals surface area contributed by atoms with Gasteiger partial charge < -0.3 is 24.1 Å². The Morgan fingerprint density at radius 2 is 1.89 bits per heavy atom. The Balaban J connectivity index is 1.34. The van der Waals surface area contributed by atoms with E-state index in [9.17, 15) is 13.2 Å². The van der Waals surface area contributed by atoms with Crippen LogP contribution in [0.15, 0.2) is 51.9 Å². The number of carbonyl (C=O) groups is 1. The number of aromatic nitrogens is 2. The van der Waals surface area contributed by atoms with Gasteiger partial charge in [-0.25, -0.2) is 8.42 Å². The topological polar surface area (TPSA) is 133 Å². The van der Waals surface area contributed by atoms with Crippen LogP contribution in [0.25, 0.3) is 11.4 Å². The van der Waals surface area contributed by atoms with Crippen molar-refractivity contribution < 1.29 is 31.9 Å². The molecular weight excluding hydrogens is 500 g/mol. The van der Waals surface area contributed by atoms with E-state index in [4.69, 9.17) is 18.7 Å². The fraction of sp³-hybridized carbons (Fsp3) is 0.400. The minimum atomic E-state index is -3.66. The lowest BCUT2D eigenvalue weighted by Crippen LogP contribution is -2.40. The summed E-state index contributed by atoms with van der Waals surface area (Å²) in [6, 6.07) is 12.0. The summed E-state index contributed by atoms with van der Waals surface area (Å²) in [4.78, 5) is 17.0. The number of carbonyl (C=O) groups excluding carboxylic acids is 1. The number of hydrogen-bond donors (Lipinski definition) is 1. The molecule has 2 aromatic carbocycles. The van der Waals surface area contributed by atoms with E-state index in [1.54, 1.807) is 12.1 Å². The maximum absolute atomic E-state index is 13.0. The molecule has 4 rings (SSSR count). The molecule has 1 N–H and O–H groups in total. The number of morpholine rings is 1. The van der Waals surface area contributed by atoms with Crippen LogP contribution in [0, 0.1) is 0 Å². The van der Waals surface area contributed by atoms with E-state index in [0.717, 1.165) is 11.3 Å². The van der Waals surface area contributed by atoms with E-state index >= 15 is 0 Å². The summed E-state index contributed by atoms with van der Waals surface area (Å²) in [5.41, 5.74) is 1.39. The van der Waals surface area contributed by atoms with Crippen LogP contribution in [0.3, 0.4) is 0 Å². The van der Waals surface area contributed by atoms with Crippen LogP contribution in [0.4, 0.5) is 0 Å². The van der Waals surface area contributed by atoms with Gasteiger partial charge in [0.05, 0.1) is 38.4 Å². The van der Waals surface area contributed by atoms with Crippen LogP contribution in [0.2, 0.25) is 0 Å². The molecule has 0 atom stereocenters. The number of rotatable bonds is 11. The predicted octanol–water partition coefficient (Wildman–Crippen LogP) is 2.41. The van der Waals surface area contributed by atoms with Gasteiger partial charge in [0, 0.05) is 25.1 Å². The predicted molar refractivity (Wildman–Crippen MR) is 134 cm³/mol. The number of methoxy groups -OCH3 is 1. The molecule has 1 fully saturated rings. The number of hydrogen-bond acceptors (Lipinski definition) is 9. The lowest BCUT2D eigenvalue weighted by molar-refractivity contribution is -0.121. The van der Waals surface area contributed by atoms with Crippen molar-refractivity contribution >= 4 is 15.9 Å².